The lowest BCUT2D eigenvalue weighted by Crippen LogP contribution is -2.29. The fourth-order valence-corrected chi connectivity index (χ4v) is 5.47. The number of ether oxygens (including phenoxy) is 2. The summed E-state index contributed by atoms with van der Waals surface area (Å²) in [6, 6.07) is 20.1. The highest BCUT2D eigenvalue weighted by atomic mass is 16.5. The number of carbonyl (C=O) groups is 1. The van der Waals surface area contributed by atoms with E-state index in [2.05, 4.69) is 10.6 Å². The average Bonchev–Trinajstić information content (AvgIpc) is 3.10. The third kappa shape index (κ3) is 4.10. The van der Waals surface area contributed by atoms with Crippen molar-refractivity contribution in [3.63, 3.8) is 0 Å². The molecule has 1 aromatic heterocycles. The fraction of sp³-hybridized carbons (Fsp3) is 0.226. The SMILES string of the molecule is CCOc1ccc(C2CC(=O)C3=C(C2)Nc2ccccc2NC3c2coc3ccccc3c2=O)cc1OC. The molecule has 3 aromatic carbocycles. The molecule has 2 heterocycles. The molecule has 7 heteroatoms. The number of hydrogen-bond acceptors (Lipinski definition) is 7. The van der Waals surface area contributed by atoms with Crippen molar-refractivity contribution in [2.75, 3.05) is 24.4 Å². The van der Waals surface area contributed by atoms with Gasteiger partial charge in [0.15, 0.2) is 22.7 Å². The number of para-hydroxylation sites is 3. The van der Waals surface area contributed by atoms with Gasteiger partial charge in [-0.15, -0.1) is 0 Å². The van der Waals surface area contributed by atoms with E-state index in [9.17, 15) is 9.59 Å². The highest BCUT2D eigenvalue weighted by Crippen LogP contribution is 2.45. The molecular formula is C31H28N2O5. The fourth-order valence-electron chi connectivity index (χ4n) is 5.47. The second-order valence-electron chi connectivity index (χ2n) is 9.53. The predicted molar refractivity (Wildman–Crippen MR) is 147 cm³/mol. The maximum absolute atomic E-state index is 13.9. The van der Waals surface area contributed by atoms with Crippen LogP contribution in [0.4, 0.5) is 11.4 Å². The first-order valence-electron chi connectivity index (χ1n) is 12.8. The van der Waals surface area contributed by atoms with Gasteiger partial charge in [-0.05, 0) is 61.2 Å². The van der Waals surface area contributed by atoms with Crippen LogP contribution in [0.2, 0.25) is 0 Å². The lowest BCUT2D eigenvalue weighted by Gasteiger charge is -2.29. The lowest BCUT2D eigenvalue weighted by atomic mass is 9.78. The minimum atomic E-state index is -0.648. The Hall–Kier alpha value is -4.52. The first kappa shape index (κ1) is 23.9. The zero-order chi connectivity index (χ0) is 26.2. The van der Waals surface area contributed by atoms with Crippen LogP contribution in [0.15, 0.2) is 93.5 Å². The Kier molecular flexibility index (Phi) is 6.12. The maximum Gasteiger partial charge on any atom is 0.198 e. The standard InChI is InChI=1S/C31H28N2O5/c1-3-37-27-13-12-18(16-28(27)36-2)19-14-24-29(25(34)15-19)30(33-23-10-6-5-9-22(23)32-24)21-17-38-26-11-7-4-8-20(26)31(21)35/h4-13,16-17,19,30,32-33H,3,14-15H2,1-2H3. The smallest absolute Gasteiger partial charge is 0.198 e. The number of nitrogens with one attached hydrogen (secondary N) is 2. The molecular weight excluding hydrogens is 480 g/mol. The van der Waals surface area contributed by atoms with E-state index in [1.807, 2.05) is 61.5 Å². The number of methoxy groups -OCH3 is 1. The average molecular weight is 509 g/mol. The number of fused-ring (bicyclic) bond motifs is 2. The first-order valence-corrected chi connectivity index (χ1v) is 12.8. The number of carbonyl (C=O) groups excluding carboxylic acids is 1. The number of anilines is 2. The van der Waals surface area contributed by atoms with Crippen molar-refractivity contribution < 1.29 is 18.7 Å². The van der Waals surface area contributed by atoms with Crippen molar-refractivity contribution in [3.05, 3.63) is 106 Å². The van der Waals surface area contributed by atoms with E-state index in [1.54, 1.807) is 19.2 Å². The van der Waals surface area contributed by atoms with E-state index in [0.717, 1.165) is 22.6 Å². The summed E-state index contributed by atoms with van der Waals surface area (Å²) in [7, 11) is 1.61. The van der Waals surface area contributed by atoms with Gasteiger partial charge in [-0.3, -0.25) is 9.59 Å². The molecule has 7 nitrogen and oxygen atoms in total. The zero-order valence-corrected chi connectivity index (χ0v) is 21.2. The molecule has 38 heavy (non-hydrogen) atoms. The molecule has 2 atom stereocenters. The summed E-state index contributed by atoms with van der Waals surface area (Å²) >= 11 is 0. The van der Waals surface area contributed by atoms with Crippen LogP contribution >= 0.6 is 0 Å². The molecule has 0 amide bonds. The highest BCUT2D eigenvalue weighted by molar-refractivity contribution is 6.01. The van der Waals surface area contributed by atoms with Gasteiger partial charge >= 0.3 is 0 Å². The van der Waals surface area contributed by atoms with Crippen LogP contribution in [0.3, 0.4) is 0 Å². The predicted octanol–water partition coefficient (Wildman–Crippen LogP) is 6.18. The largest absolute Gasteiger partial charge is 0.493 e. The first-order chi connectivity index (χ1) is 18.6. The van der Waals surface area contributed by atoms with E-state index in [0.29, 0.717) is 53.1 Å². The second-order valence-corrected chi connectivity index (χ2v) is 9.53. The van der Waals surface area contributed by atoms with Crippen LogP contribution < -0.4 is 25.5 Å². The van der Waals surface area contributed by atoms with E-state index >= 15 is 0 Å². The van der Waals surface area contributed by atoms with E-state index in [4.69, 9.17) is 13.9 Å². The van der Waals surface area contributed by atoms with Crippen LogP contribution in [-0.4, -0.2) is 19.5 Å². The van der Waals surface area contributed by atoms with Crippen LogP contribution in [0, 0.1) is 0 Å². The van der Waals surface area contributed by atoms with Gasteiger partial charge in [-0.25, -0.2) is 0 Å². The van der Waals surface area contributed by atoms with Crippen molar-refractivity contribution in [1.29, 1.82) is 0 Å². The molecule has 0 fully saturated rings. The molecule has 192 valence electrons. The normalized spacial score (nSPS) is 18.6. The monoisotopic (exact) mass is 508 g/mol. The van der Waals surface area contributed by atoms with Gasteiger partial charge in [0.25, 0.3) is 0 Å². The Labute approximate surface area is 220 Å². The number of rotatable bonds is 5. The van der Waals surface area contributed by atoms with Crippen molar-refractivity contribution in [2.24, 2.45) is 0 Å². The van der Waals surface area contributed by atoms with Crippen molar-refractivity contribution >= 4 is 28.1 Å². The molecule has 2 unspecified atom stereocenters. The van der Waals surface area contributed by atoms with Crippen molar-refractivity contribution in [1.82, 2.24) is 0 Å². The second kappa shape index (κ2) is 9.74. The lowest BCUT2D eigenvalue weighted by molar-refractivity contribution is -0.116. The molecule has 1 aliphatic carbocycles. The zero-order valence-electron chi connectivity index (χ0n) is 21.2. The Morgan fingerprint density at radius 1 is 0.947 bits per heavy atom. The van der Waals surface area contributed by atoms with Gasteiger partial charge in [0.2, 0.25) is 0 Å². The van der Waals surface area contributed by atoms with Crippen LogP contribution in [0.5, 0.6) is 11.5 Å². The Morgan fingerprint density at radius 2 is 1.74 bits per heavy atom. The van der Waals surface area contributed by atoms with Crippen LogP contribution in [-0.2, 0) is 4.79 Å². The molecule has 0 bridgehead atoms. The summed E-state index contributed by atoms with van der Waals surface area (Å²) in [5.74, 6) is 1.24. The molecule has 4 aromatic rings. The Balaban J connectivity index is 1.46. The number of ketones is 1. The number of allylic oxidation sites excluding steroid dienone is 1. The molecule has 0 saturated carbocycles. The molecule has 0 saturated heterocycles. The third-order valence-corrected chi connectivity index (χ3v) is 7.29. The summed E-state index contributed by atoms with van der Waals surface area (Å²) in [5.41, 5.74) is 4.80. The molecule has 0 spiro atoms. The maximum atomic E-state index is 13.9. The number of benzene rings is 3. The minimum Gasteiger partial charge on any atom is -0.493 e. The summed E-state index contributed by atoms with van der Waals surface area (Å²) < 4.78 is 17.1. The molecule has 6 rings (SSSR count). The molecule has 1 aliphatic heterocycles. The van der Waals surface area contributed by atoms with Gasteiger partial charge in [-0.1, -0.05) is 30.3 Å². The number of Topliss-reactive ketones (excluding diaryl/α,β-unsaturated/α-hetero) is 1. The molecule has 2 aliphatic rings. The van der Waals surface area contributed by atoms with Crippen LogP contribution in [0.25, 0.3) is 11.0 Å². The van der Waals surface area contributed by atoms with Crippen molar-refractivity contribution in [2.45, 2.75) is 31.7 Å². The van der Waals surface area contributed by atoms with Gasteiger partial charge in [0, 0.05) is 17.7 Å². The van der Waals surface area contributed by atoms with E-state index in [1.165, 1.54) is 6.26 Å². The quantitative estimate of drug-likeness (QED) is 0.333. The highest BCUT2D eigenvalue weighted by Gasteiger charge is 2.37. The third-order valence-electron chi connectivity index (χ3n) is 7.29. The van der Waals surface area contributed by atoms with Gasteiger partial charge < -0.3 is 24.5 Å². The van der Waals surface area contributed by atoms with Gasteiger partial charge in [0.05, 0.1) is 42.1 Å². The van der Waals surface area contributed by atoms with E-state index < -0.39 is 6.04 Å². The summed E-state index contributed by atoms with van der Waals surface area (Å²) in [6.45, 7) is 2.46. The Morgan fingerprint density at radius 3 is 2.55 bits per heavy atom. The van der Waals surface area contributed by atoms with Crippen molar-refractivity contribution in [3.8, 4) is 11.5 Å². The van der Waals surface area contributed by atoms with Gasteiger partial charge in [0.1, 0.15) is 11.8 Å². The summed E-state index contributed by atoms with van der Waals surface area (Å²) in [5, 5.41) is 7.47. The molecule has 2 N–H and O–H groups in total. The Bertz CT molecular complexity index is 1640. The van der Waals surface area contributed by atoms with Gasteiger partial charge in [-0.2, -0.15) is 0 Å². The van der Waals surface area contributed by atoms with E-state index in [-0.39, 0.29) is 17.1 Å². The van der Waals surface area contributed by atoms with Crippen LogP contribution in [0.1, 0.15) is 42.9 Å². The summed E-state index contributed by atoms with van der Waals surface area (Å²) in [6.07, 6.45) is 2.40. The summed E-state index contributed by atoms with van der Waals surface area (Å²) in [4.78, 5) is 27.5. The minimum absolute atomic E-state index is 0.0190. The molecule has 0 radical (unpaired) electrons. The number of hydrogen-bond donors (Lipinski definition) is 2. The topological polar surface area (TPSA) is 89.8 Å².